The number of rotatable bonds is 4. The first kappa shape index (κ1) is 15.9. The quantitative estimate of drug-likeness (QED) is 0.528. The number of nitrogens with one attached hydrogen (secondary N) is 1. The molecule has 3 heterocycles. The van der Waals surface area contributed by atoms with Gasteiger partial charge in [0.2, 0.25) is 0 Å². The lowest BCUT2D eigenvalue weighted by Gasteiger charge is -2.19. The standard InChI is InChI=1S/C20H18N4S2/c1-2-6-13(7-3-1)17(20-21-10-11-25-20)24-18-16-14-8-4-5-9-15(14)26-19(16)23-12-22-18/h1-3,6-7,10-12,17H,4-5,8-9H2,(H,22,23,24). The third-order valence-electron chi connectivity index (χ3n) is 4.86. The summed E-state index contributed by atoms with van der Waals surface area (Å²) in [5, 5.41) is 7.96. The molecule has 26 heavy (non-hydrogen) atoms. The molecule has 5 rings (SSSR count). The summed E-state index contributed by atoms with van der Waals surface area (Å²) >= 11 is 3.50. The van der Waals surface area contributed by atoms with E-state index in [4.69, 9.17) is 0 Å². The Morgan fingerprint density at radius 1 is 1.00 bits per heavy atom. The Kier molecular flexibility index (Phi) is 4.15. The second-order valence-corrected chi connectivity index (χ2v) is 8.48. The number of nitrogens with zero attached hydrogens (tertiary/aromatic N) is 3. The maximum atomic E-state index is 4.62. The molecule has 1 aromatic carbocycles. The highest BCUT2D eigenvalue weighted by Gasteiger charge is 2.23. The topological polar surface area (TPSA) is 50.7 Å². The van der Waals surface area contributed by atoms with Crippen LogP contribution < -0.4 is 5.32 Å². The van der Waals surface area contributed by atoms with Crippen LogP contribution in [0.15, 0.2) is 48.2 Å². The Bertz CT molecular complexity index is 1020. The zero-order chi connectivity index (χ0) is 17.3. The van der Waals surface area contributed by atoms with Crippen LogP contribution in [0.4, 0.5) is 5.82 Å². The van der Waals surface area contributed by atoms with Crippen molar-refractivity contribution in [2.24, 2.45) is 0 Å². The molecule has 1 unspecified atom stereocenters. The van der Waals surface area contributed by atoms with Crippen molar-refractivity contribution in [2.45, 2.75) is 31.7 Å². The normalized spacial score (nSPS) is 14.9. The zero-order valence-electron chi connectivity index (χ0n) is 14.2. The van der Waals surface area contributed by atoms with E-state index in [1.165, 1.54) is 40.7 Å². The average molecular weight is 379 g/mol. The van der Waals surface area contributed by atoms with Crippen molar-refractivity contribution < 1.29 is 0 Å². The largest absolute Gasteiger partial charge is 0.356 e. The van der Waals surface area contributed by atoms with Gasteiger partial charge in [-0.3, -0.25) is 0 Å². The molecule has 1 N–H and O–H groups in total. The maximum absolute atomic E-state index is 4.62. The van der Waals surface area contributed by atoms with Crippen LogP contribution in [0, 0.1) is 0 Å². The second-order valence-electron chi connectivity index (χ2n) is 6.47. The summed E-state index contributed by atoms with van der Waals surface area (Å²) in [4.78, 5) is 16.3. The Morgan fingerprint density at radius 3 is 2.73 bits per heavy atom. The Labute approximate surface area is 160 Å². The number of benzene rings is 1. The number of aryl methyl sites for hydroxylation is 2. The molecule has 0 aliphatic heterocycles. The average Bonchev–Trinajstić information content (AvgIpc) is 3.34. The van der Waals surface area contributed by atoms with Gasteiger partial charge < -0.3 is 5.32 Å². The number of hydrogen-bond donors (Lipinski definition) is 1. The van der Waals surface area contributed by atoms with Crippen LogP contribution in [0.1, 0.15) is 39.9 Å². The van der Waals surface area contributed by atoms with Crippen LogP contribution in [0.5, 0.6) is 0 Å². The lowest BCUT2D eigenvalue weighted by molar-refractivity contribution is 0.700. The van der Waals surface area contributed by atoms with Crippen LogP contribution in [-0.4, -0.2) is 15.0 Å². The molecule has 0 saturated heterocycles. The second kappa shape index (κ2) is 6.78. The summed E-state index contributed by atoms with van der Waals surface area (Å²) in [6.45, 7) is 0. The molecular weight excluding hydrogens is 360 g/mol. The van der Waals surface area contributed by atoms with E-state index >= 15 is 0 Å². The SMILES string of the molecule is c1ccc(C(Nc2ncnc3sc4c(c23)CCCC4)c2nccs2)cc1. The summed E-state index contributed by atoms with van der Waals surface area (Å²) < 4.78 is 0. The number of hydrogen-bond acceptors (Lipinski definition) is 6. The molecule has 4 aromatic rings. The van der Waals surface area contributed by atoms with Gasteiger partial charge in [-0.15, -0.1) is 22.7 Å². The van der Waals surface area contributed by atoms with E-state index in [2.05, 4.69) is 44.5 Å². The van der Waals surface area contributed by atoms with Gasteiger partial charge in [-0.1, -0.05) is 30.3 Å². The van der Waals surface area contributed by atoms with E-state index in [0.29, 0.717) is 0 Å². The first-order valence-electron chi connectivity index (χ1n) is 8.86. The summed E-state index contributed by atoms with van der Waals surface area (Å²) in [6, 6.07) is 10.5. The predicted molar refractivity (Wildman–Crippen MR) is 108 cm³/mol. The van der Waals surface area contributed by atoms with E-state index < -0.39 is 0 Å². The van der Waals surface area contributed by atoms with Crippen LogP contribution in [0.2, 0.25) is 0 Å². The molecule has 0 spiro atoms. The third-order valence-corrected chi connectivity index (χ3v) is 6.90. The molecule has 1 aliphatic rings. The van der Waals surface area contributed by atoms with Crippen molar-refractivity contribution >= 4 is 38.7 Å². The van der Waals surface area contributed by atoms with Gasteiger partial charge in [-0.2, -0.15) is 0 Å². The predicted octanol–water partition coefficient (Wildman–Crippen LogP) is 5.23. The first-order valence-corrected chi connectivity index (χ1v) is 10.6. The fourth-order valence-corrected chi connectivity index (χ4v) is 5.59. The fraction of sp³-hybridized carbons (Fsp3) is 0.250. The molecule has 130 valence electrons. The highest BCUT2D eigenvalue weighted by Crippen LogP contribution is 2.39. The molecule has 4 nitrogen and oxygen atoms in total. The summed E-state index contributed by atoms with van der Waals surface area (Å²) in [5.74, 6) is 0.929. The van der Waals surface area contributed by atoms with Crippen molar-refractivity contribution in [3.63, 3.8) is 0 Å². The van der Waals surface area contributed by atoms with E-state index in [-0.39, 0.29) is 6.04 Å². The number of aromatic nitrogens is 3. The number of fused-ring (bicyclic) bond motifs is 3. The molecular formula is C20H18N4S2. The van der Waals surface area contributed by atoms with Gasteiger partial charge in [0.25, 0.3) is 0 Å². The summed E-state index contributed by atoms with van der Waals surface area (Å²) in [7, 11) is 0. The number of thiophene rings is 1. The molecule has 0 saturated carbocycles. The van der Waals surface area contributed by atoms with Crippen LogP contribution >= 0.6 is 22.7 Å². The van der Waals surface area contributed by atoms with Crippen molar-refractivity contribution in [1.29, 1.82) is 0 Å². The molecule has 0 fully saturated rings. The van der Waals surface area contributed by atoms with Gasteiger partial charge >= 0.3 is 0 Å². The molecule has 1 aliphatic carbocycles. The molecule has 1 atom stereocenters. The molecule has 6 heteroatoms. The Morgan fingerprint density at radius 2 is 1.88 bits per heavy atom. The number of thiazole rings is 1. The van der Waals surface area contributed by atoms with Crippen molar-refractivity contribution in [1.82, 2.24) is 15.0 Å². The fourth-order valence-electron chi connectivity index (χ4n) is 3.65. The van der Waals surface area contributed by atoms with Crippen LogP contribution in [0.3, 0.4) is 0 Å². The van der Waals surface area contributed by atoms with E-state index in [9.17, 15) is 0 Å². The highest BCUT2D eigenvalue weighted by molar-refractivity contribution is 7.19. The van der Waals surface area contributed by atoms with Crippen LogP contribution in [-0.2, 0) is 12.8 Å². The van der Waals surface area contributed by atoms with E-state index in [0.717, 1.165) is 22.1 Å². The van der Waals surface area contributed by atoms with Gasteiger partial charge in [0.05, 0.1) is 5.39 Å². The minimum atomic E-state index is -0.00607. The highest BCUT2D eigenvalue weighted by atomic mass is 32.1. The summed E-state index contributed by atoms with van der Waals surface area (Å²) in [5.41, 5.74) is 2.64. The van der Waals surface area contributed by atoms with Gasteiger partial charge in [-0.25, -0.2) is 15.0 Å². The zero-order valence-corrected chi connectivity index (χ0v) is 15.8. The van der Waals surface area contributed by atoms with Gasteiger partial charge in [0, 0.05) is 16.5 Å². The lowest BCUT2D eigenvalue weighted by Crippen LogP contribution is -2.13. The minimum Gasteiger partial charge on any atom is -0.356 e. The van der Waals surface area contributed by atoms with Gasteiger partial charge in [0.1, 0.15) is 28.0 Å². The molecule has 3 aromatic heterocycles. The Hall–Kier alpha value is -2.31. The maximum Gasteiger partial charge on any atom is 0.139 e. The number of anilines is 1. The van der Waals surface area contributed by atoms with Gasteiger partial charge in [-0.05, 0) is 36.8 Å². The van der Waals surface area contributed by atoms with Crippen molar-refractivity contribution in [2.75, 3.05) is 5.32 Å². The smallest absolute Gasteiger partial charge is 0.139 e. The van der Waals surface area contributed by atoms with Crippen molar-refractivity contribution in [3.05, 3.63) is 69.2 Å². The summed E-state index contributed by atoms with van der Waals surface area (Å²) in [6.07, 6.45) is 8.37. The lowest BCUT2D eigenvalue weighted by atomic mass is 9.97. The molecule has 0 radical (unpaired) electrons. The minimum absolute atomic E-state index is 0.00607. The van der Waals surface area contributed by atoms with Crippen LogP contribution in [0.25, 0.3) is 10.2 Å². The van der Waals surface area contributed by atoms with E-state index in [1.54, 1.807) is 17.7 Å². The third kappa shape index (κ3) is 2.79. The molecule has 0 bridgehead atoms. The van der Waals surface area contributed by atoms with E-state index in [1.807, 2.05) is 29.0 Å². The monoisotopic (exact) mass is 378 g/mol. The van der Waals surface area contributed by atoms with Crippen molar-refractivity contribution in [3.8, 4) is 0 Å². The Balaban J connectivity index is 1.62. The first-order chi connectivity index (χ1) is 12.9. The van der Waals surface area contributed by atoms with Gasteiger partial charge in [0.15, 0.2) is 0 Å². The molecule has 0 amide bonds.